The average molecular weight is 703 g/mol. The lowest BCUT2D eigenvalue weighted by Crippen LogP contribution is -2.16. The second kappa shape index (κ2) is 30.9. The van der Waals surface area contributed by atoms with Crippen LogP contribution in [-0.2, 0) is 11.8 Å². The summed E-state index contributed by atoms with van der Waals surface area (Å²) in [6.07, 6.45) is 21.0. The van der Waals surface area contributed by atoms with Crippen molar-refractivity contribution in [2.75, 3.05) is 12.4 Å². The van der Waals surface area contributed by atoms with Crippen LogP contribution in [0.3, 0.4) is 0 Å². The molecule has 4 rings (SSSR count). The van der Waals surface area contributed by atoms with Crippen LogP contribution in [0.25, 0.3) is 16.6 Å². The number of imidazole rings is 1. The molecule has 1 aromatic carbocycles. The maximum absolute atomic E-state index is 13.0. The molecule has 0 radical (unpaired) electrons. The van der Waals surface area contributed by atoms with Crippen molar-refractivity contribution in [1.29, 1.82) is 0 Å². The topological polar surface area (TPSA) is 69.0 Å². The zero-order chi connectivity index (χ0) is 39.2. The molecular formula is C45H74N4O2. The van der Waals surface area contributed by atoms with Crippen molar-refractivity contribution in [1.82, 2.24) is 14.5 Å². The third-order valence-electron chi connectivity index (χ3n) is 7.99. The minimum absolute atomic E-state index is 0.210. The van der Waals surface area contributed by atoms with Gasteiger partial charge in [-0.05, 0) is 69.4 Å². The summed E-state index contributed by atoms with van der Waals surface area (Å²) in [6.45, 7) is 26.4. The fraction of sp³-hybridized carbons (Fsp3) is 0.578. The monoisotopic (exact) mass is 703 g/mol. The van der Waals surface area contributed by atoms with Gasteiger partial charge in [-0.25, -0.2) is 4.98 Å². The van der Waals surface area contributed by atoms with Crippen molar-refractivity contribution in [3.63, 3.8) is 0 Å². The van der Waals surface area contributed by atoms with Crippen molar-refractivity contribution < 1.29 is 9.53 Å². The van der Waals surface area contributed by atoms with Gasteiger partial charge in [-0.1, -0.05) is 125 Å². The van der Waals surface area contributed by atoms with Crippen molar-refractivity contribution >= 4 is 28.5 Å². The summed E-state index contributed by atoms with van der Waals surface area (Å²) in [5.74, 6) is 3.63. The number of unbranched alkanes of at least 4 members (excludes halogenated alkanes) is 1. The number of hydrogen-bond acceptors (Lipinski definition) is 4. The first-order valence-corrected chi connectivity index (χ1v) is 19.7. The molecule has 286 valence electrons. The van der Waals surface area contributed by atoms with Crippen LogP contribution in [0.1, 0.15) is 173 Å². The lowest BCUT2D eigenvalue weighted by molar-refractivity contribution is 0.102. The molecule has 0 atom stereocenters. The Balaban J connectivity index is 0. The van der Waals surface area contributed by atoms with E-state index in [9.17, 15) is 4.79 Å². The molecule has 0 aliphatic heterocycles. The zero-order valence-corrected chi connectivity index (χ0v) is 35.0. The highest BCUT2D eigenvalue weighted by molar-refractivity contribution is 6.04. The summed E-state index contributed by atoms with van der Waals surface area (Å²) in [6, 6.07) is 9.64. The number of allylic oxidation sites excluding steroid dienone is 3. The number of carbonyl (C=O) groups excluding carboxylic acids is 1. The molecule has 0 bridgehead atoms. The molecule has 1 N–H and O–H groups in total. The number of terminal acetylenes is 1. The number of methoxy groups -OCH3 is 1. The van der Waals surface area contributed by atoms with E-state index in [1.54, 1.807) is 13.2 Å². The second-order valence-electron chi connectivity index (χ2n) is 12.1. The van der Waals surface area contributed by atoms with Gasteiger partial charge in [0.1, 0.15) is 5.76 Å². The number of anilines is 1. The lowest BCUT2D eigenvalue weighted by atomic mass is 10.0. The SMILES string of the molecule is C#CCC.C1CCCC1.C=C(CCC)CCCC.CC.CC.CC/C(OC)=C(\CC)c1cc(C(=O)Nc2nc3ccc(C)cc3n2C)cc(C)n1. The Bertz CT molecular complexity index is 1440. The Labute approximate surface area is 314 Å². The van der Waals surface area contributed by atoms with E-state index in [-0.39, 0.29) is 5.91 Å². The van der Waals surface area contributed by atoms with Crippen LogP contribution >= 0.6 is 0 Å². The van der Waals surface area contributed by atoms with E-state index < -0.39 is 0 Å². The minimum Gasteiger partial charge on any atom is -0.501 e. The van der Waals surface area contributed by atoms with Crippen LogP contribution in [-0.4, -0.2) is 27.6 Å². The Kier molecular flexibility index (Phi) is 29.9. The average Bonchev–Trinajstić information content (AvgIpc) is 3.84. The number of pyridine rings is 1. The molecule has 3 aromatic rings. The van der Waals surface area contributed by atoms with Crippen LogP contribution in [0, 0.1) is 26.2 Å². The predicted octanol–water partition coefficient (Wildman–Crippen LogP) is 13.6. The van der Waals surface area contributed by atoms with Crippen LogP contribution in [0.4, 0.5) is 5.95 Å². The number of aromatic nitrogens is 3. The largest absolute Gasteiger partial charge is 0.501 e. The summed E-state index contributed by atoms with van der Waals surface area (Å²) < 4.78 is 7.42. The summed E-state index contributed by atoms with van der Waals surface area (Å²) in [5, 5.41) is 2.94. The number of amides is 1. The third-order valence-corrected chi connectivity index (χ3v) is 7.99. The Hall–Kier alpha value is -3.85. The molecule has 0 saturated heterocycles. The van der Waals surface area contributed by atoms with Crippen molar-refractivity contribution in [2.45, 2.75) is 160 Å². The number of hydrogen-bond donors (Lipinski definition) is 1. The summed E-state index contributed by atoms with van der Waals surface area (Å²) >= 11 is 0. The molecule has 2 heterocycles. The molecule has 6 nitrogen and oxygen atoms in total. The van der Waals surface area contributed by atoms with E-state index in [1.807, 2.05) is 85.2 Å². The van der Waals surface area contributed by atoms with E-state index in [1.165, 1.54) is 69.8 Å². The predicted molar refractivity (Wildman–Crippen MR) is 225 cm³/mol. The Morgan fingerprint density at radius 3 is 1.96 bits per heavy atom. The first kappa shape index (κ1) is 49.3. The smallest absolute Gasteiger partial charge is 0.258 e. The number of fused-ring (bicyclic) bond motifs is 1. The number of nitrogens with zero attached hydrogens (tertiary/aromatic N) is 3. The van der Waals surface area contributed by atoms with Gasteiger partial charge in [-0.3, -0.25) is 15.1 Å². The number of rotatable bonds is 11. The summed E-state index contributed by atoms with van der Waals surface area (Å²) in [5.41, 5.74) is 7.54. The van der Waals surface area contributed by atoms with Gasteiger partial charge >= 0.3 is 0 Å². The Morgan fingerprint density at radius 2 is 1.49 bits per heavy atom. The van der Waals surface area contributed by atoms with Gasteiger partial charge in [-0.15, -0.1) is 12.3 Å². The molecule has 1 amide bonds. The van der Waals surface area contributed by atoms with Gasteiger partial charge in [0.25, 0.3) is 5.91 Å². The fourth-order valence-corrected chi connectivity index (χ4v) is 5.33. The molecule has 51 heavy (non-hydrogen) atoms. The van der Waals surface area contributed by atoms with Crippen LogP contribution < -0.4 is 5.32 Å². The molecule has 6 heteroatoms. The van der Waals surface area contributed by atoms with E-state index >= 15 is 0 Å². The van der Waals surface area contributed by atoms with Crippen molar-refractivity contribution in [2.24, 2.45) is 7.05 Å². The molecule has 1 fully saturated rings. The van der Waals surface area contributed by atoms with Crippen molar-refractivity contribution in [3.05, 3.63) is 70.8 Å². The standard InChI is InChI=1S/C23H28N4O2.C9H18.C5H10.C4H6.2C2H6/c1-7-17(21(8-2)29-6)19-13-16(12-15(4)24-19)22(28)26-23-25-18-10-9-14(3)11-20(18)27(23)5;1-4-6-8-9(3)7-5-2;1-2-4-5-3-1;1-3-4-2;2*1-2/h9-13H,7-8H2,1-6H3,(H,25,26,28);3-8H2,1-2H3;1-5H2;1H,4H2,2H3;2*1-2H3/b21-17-;;;;;. The zero-order valence-electron chi connectivity index (χ0n) is 35.0. The molecule has 0 unspecified atom stereocenters. The normalized spacial score (nSPS) is 11.5. The van der Waals surface area contributed by atoms with Gasteiger partial charge in [-0.2, -0.15) is 0 Å². The summed E-state index contributed by atoms with van der Waals surface area (Å²) in [4.78, 5) is 22.2. The van der Waals surface area contributed by atoms with Gasteiger partial charge in [0.2, 0.25) is 5.95 Å². The fourth-order valence-electron chi connectivity index (χ4n) is 5.33. The quantitative estimate of drug-likeness (QED) is 0.123. The number of ether oxygens (including phenoxy) is 1. The van der Waals surface area contributed by atoms with Crippen LogP contribution in [0.2, 0.25) is 0 Å². The maximum Gasteiger partial charge on any atom is 0.258 e. The highest BCUT2D eigenvalue weighted by atomic mass is 16.5. The summed E-state index contributed by atoms with van der Waals surface area (Å²) in [7, 11) is 3.57. The molecule has 1 aliphatic rings. The molecule has 0 spiro atoms. The third kappa shape index (κ3) is 19.4. The van der Waals surface area contributed by atoms with Gasteiger partial charge in [0, 0.05) is 36.7 Å². The van der Waals surface area contributed by atoms with Gasteiger partial charge < -0.3 is 9.30 Å². The first-order valence-electron chi connectivity index (χ1n) is 19.7. The lowest BCUT2D eigenvalue weighted by Gasteiger charge is -2.13. The van der Waals surface area contributed by atoms with E-state index in [2.05, 4.69) is 54.6 Å². The highest BCUT2D eigenvalue weighted by Gasteiger charge is 2.16. The van der Waals surface area contributed by atoms with E-state index in [0.717, 1.165) is 58.6 Å². The molecule has 1 saturated carbocycles. The minimum atomic E-state index is -0.210. The molecule has 2 aromatic heterocycles. The van der Waals surface area contributed by atoms with Crippen LogP contribution in [0.5, 0.6) is 0 Å². The first-order chi connectivity index (χ1) is 24.6. The molecular weight excluding hydrogens is 629 g/mol. The van der Waals surface area contributed by atoms with Crippen LogP contribution in [0.15, 0.2) is 48.2 Å². The van der Waals surface area contributed by atoms with Gasteiger partial charge in [0.15, 0.2) is 0 Å². The Morgan fingerprint density at radius 1 is 0.902 bits per heavy atom. The number of nitrogens with one attached hydrogen (secondary N) is 1. The van der Waals surface area contributed by atoms with Gasteiger partial charge in [0.05, 0.1) is 23.8 Å². The second-order valence-corrected chi connectivity index (χ2v) is 12.1. The van der Waals surface area contributed by atoms with E-state index in [4.69, 9.17) is 11.2 Å². The highest BCUT2D eigenvalue weighted by Crippen LogP contribution is 2.25. The number of benzene rings is 1. The van der Waals surface area contributed by atoms with Crippen molar-refractivity contribution in [3.8, 4) is 12.3 Å². The number of carbonyl (C=O) groups is 1. The van der Waals surface area contributed by atoms with E-state index in [0.29, 0.717) is 11.5 Å². The molecule has 1 aliphatic carbocycles. The number of aryl methyl sites for hydroxylation is 3. The maximum atomic E-state index is 13.0.